The minimum absolute atomic E-state index is 0.0912. The van der Waals surface area contributed by atoms with Crippen LogP contribution in [0.15, 0.2) is 51.7 Å². The Hall–Kier alpha value is -3.42. The number of nitrogens with one attached hydrogen (secondary N) is 1. The van der Waals surface area contributed by atoms with E-state index < -0.39 is 23.0 Å². The van der Waals surface area contributed by atoms with Gasteiger partial charge in [-0.3, -0.25) is 14.2 Å². The van der Waals surface area contributed by atoms with Gasteiger partial charge in [-0.05, 0) is 69.6 Å². The molecule has 0 saturated carbocycles. The third-order valence-electron chi connectivity index (χ3n) is 6.97. The summed E-state index contributed by atoms with van der Waals surface area (Å²) in [6.45, 7) is 10.2. The summed E-state index contributed by atoms with van der Waals surface area (Å²) in [6.07, 6.45) is 8.52. The van der Waals surface area contributed by atoms with Gasteiger partial charge in [0.1, 0.15) is 11.5 Å². The van der Waals surface area contributed by atoms with Crippen molar-refractivity contribution in [1.29, 1.82) is 0 Å². The van der Waals surface area contributed by atoms with E-state index in [9.17, 15) is 23.9 Å². The van der Waals surface area contributed by atoms with Gasteiger partial charge in [0.05, 0.1) is 0 Å². The smallest absolute Gasteiger partial charge is 0.328 e. The predicted octanol–water partition coefficient (Wildman–Crippen LogP) is 5.52. The van der Waals surface area contributed by atoms with E-state index in [1.807, 2.05) is 13.0 Å². The van der Waals surface area contributed by atoms with E-state index in [2.05, 4.69) is 31.5 Å². The first-order valence-electron chi connectivity index (χ1n) is 13.0. The van der Waals surface area contributed by atoms with Crippen LogP contribution in [0.4, 0.5) is 4.39 Å². The molecule has 7 nitrogen and oxygen atoms in total. The van der Waals surface area contributed by atoms with Crippen LogP contribution in [0.3, 0.4) is 0 Å². The lowest BCUT2D eigenvalue weighted by molar-refractivity contribution is -0.134. The molecule has 0 bridgehead atoms. The van der Waals surface area contributed by atoms with Crippen molar-refractivity contribution in [2.24, 2.45) is 5.92 Å². The fraction of sp³-hybridized carbons (Fsp3) is 0.483. The molecule has 2 N–H and O–H groups in total. The van der Waals surface area contributed by atoms with Gasteiger partial charge in [0.2, 0.25) is 5.82 Å². The number of unbranched alkanes of at least 4 members (excludes halogenated alkanes) is 2. The van der Waals surface area contributed by atoms with Gasteiger partial charge in [-0.25, -0.2) is 4.79 Å². The normalized spacial score (nSPS) is 17.4. The van der Waals surface area contributed by atoms with E-state index in [1.54, 1.807) is 6.07 Å². The van der Waals surface area contributed by atoms with E-state index in [-0.39, 0.29) is 37.0 Å². The summed E-state index contributed by atoms with van der Waals surface area (Å²) in [5.74, 6) is -1.29. The van der Waals surface area contributed by atoms with Crippen LogP contribution in [-0.2, 0) is 17.8 Å². The molecular weight excluding hydrogens is 475 g/mol. The standard InChI is InChI=1S/C29H37FN2O5/c1-5-6-7-9-20-15-24(33)27(22-14-19(4)11-12-21(22)18(2)3)25(16-20)37-26(34)10-8-13-32-28(35)23(30)17-31-29(32)36/h14-17,21-22,33H,2,5-13H2,1,3-4H3,(H,31,36)/t21-,22+/m0/s1. The van der Waals surface area contributed by atoms with E-state index >= 15 is 0 Å². The van der Waals surface area contributed by atoms with Crippen LogP contribution < -0.4 is 16.0 Å². The van der Waals surface area contributed by atoms with Crippen molar-refractivity contribution in [2.75, 3.05) is 0 Å². The molecule has 0 unspecified atom stereocenters. The molecule has 8 heteroatoms. The SMILES string of the molecule is C=C(C)[C@@H]1CCC(C)=C[C@H]1c1c(O)cc(CCCCC)cc1OC(=O)CCCn1c(=O)[nH]cc(F)c1=O. The van der Waals surface area contributed by atoms with E-state index in [4.69, 9.17) is 4.74 Å². The number of carbonyl (C=O) groups excluding carboxylic acids is 1. The quantitative estimate of drug-likeness (QED) is 0.179. The fourth-order valence-corrected chi connectivity index (χ4v) is 4.96. The number of H-pyrrole nitrogens is 1. The summed E-state index contributed by atoms with van der Waals surface area (Å²) in [5.41, 5.74) is 1.89. The molecule has 200 valence electrons. The summed E-state index contributed by atoms with van der Waals surface area (Å²) < 4.78 is 20.1. The van der Waals surface area contributed by atoms with Gasteiger partial charge in [0.25, 0.3) is 5.56 Å². The van der Waals surface area contributed by atoms with Gasteiger partial charge in [0.15, 0.2) is 0 Å². The molecule has 0 saturated heterocycles. The average Bonchev–Trinajstić information content (AvgIpc) is 2.83. The van der Waals surface area contributed by atoms with Crippen LogP contribution in [0, 0.1) is 11.7 Å². The van der Waals surface area contributed by atoms with Crippen LogP contribution in [0.2, 0.25) is 0 Å². The molecule has 1 aromatic carbocycles. The van der Waals surface area contributed by atoms with E-state index in [0.29, 0.717) is 11.3 Å². The highest BCUT2D eigenvalue weighted by Crippen LogP contribution is 2.47. The molecular formula is C29H37FN2O5. The molecule has 1 aliphatic carbocycles. The van der Waals surface area contributed by atoms with Crippen molar-refractivity contribution in [1.82, 2.24) is 9.55 Å². The van der Waals surface area contributed by atoms with E-state index in [0.717, 1.165) is 60.4 Å². The number of aromatic hydroxyl groups is 1. The molecule has 0 amide bonds. The third kappa shape index (κ3) is 7.08. The second kappa shape index (κ2) is 12.7. The third-order valence-corrected chi connectivity index (χ3v) is 6.97. The van der Waals surface area contributed by atoms with Gasteiger partial charge < -0.3 is 14.8 Å². The van der Waals surface area contributed by atoms with Crippen LogP contribution in [0.25, 0.3) is 0 Å². The number of hydrogen-bond acceptors (Lipinski definition) is 5. The Morgan fingerprint density at radius 2 is 2.03 bits per heavy atom. The number of hydrogen-bond donors (Lipinski definition) is 2. The number of halogens is 1. The second-order valence-electron chi connectivity index (χ2n) is 9.99. The van der Waals surface area contributed by atoms with Gasteiger partial charge in [-0.2, -0.15) is 4.39 Å². The summed E-state index contributed by atoms with van der Waals surface area (Å²) in [7, 11) is 0. The Balaban J connectivity index is 1.86. The lowest BCUT2D eigenvalue weighted by atomic mass is 9.73. The summed E-state index contributed by atoms with van der Waals surface area (Å²) >= 11 is 0. The van der Waals surface area contributed by atoms with Crippen LogP contribution in [-0.4, -0.2) is 20.6 Å². The zero-order valence-corrected chi connectivity index (χ0v) is 21.9. The van der Waals surface area contributed by atoms with Gasteiger partial charge in [-0.15, -0.1) is 0 Å². The first kappa shape index (κ1) is 28.2. The van der Waals surface area contributed by atoms with Crippen molar-refractivity contribution in [3.05, 3.63) is 79.9 Å². The number of aryl methyl sites for hydroxylation is 1. The number of carbonyl (C=O) groups is 1. The first-order valence-corrected chi connectivity index (χ1v) is 13.0. The molecule has 2 aromatic rings. The number of aromatic nitrogens is 2. The molecule has 1 aromatic heterocycles. The summed E-state index contributed by atoms with van der Waals surface area (Å²) in [6, 6.07) is 3.59. The first-order chi connectivity index (χ1) is 17.6. The van der Waals surface area contributed by atoms with Crippen molar-refractivity contribution in [3.8, 4) is 11.5 Å². The van der Waals surface area contributed by atoms with Gasteiger partial charge >= 0.3 is 11.7 Å². The summed E-state index contributed by atoms with van der Waals surface area (Å²) in [5, 5.41) is 11.1. The zero-order chi connectivity index (χ0) is 27.1. The Bertz CT molecular complexity index is 1290. The van der Waals surface area contributed by atoms with Crippen LogP contribution in [0.1, 0.15) is 82.8 Å². The average molecular weight is 513 g/mol. The molecule has 1 heterocycles. The molecule has 0 spiro atoms. The Morgan fingerprint density at radius 3 is 2.73 bits per heavy atom. The number of esters is 1. The number of aromatic amines is 1. The fourth-order valence-electron chi connectivity index (χ4n) is 4.96. The molecule has 0 fully saturated rings. The Labute approximate surface area is 216 Å². The van der Waals surface area contributed by atoms with Gasteiger partial charge in [0, 0.05) is 30.6 Å². The maximum atomic E-state index is 13.5. The Kier molecular flexibility index (Phi) is 9.66. The minimum atomic E-state index is -1.06. The number of phenols is 1. The van der Waals surface area contributed by atoms with E-state index in [1.165, 1.54) is 5.57 Å². The molecule has 3 rings (SSSR count). The van der Waals surface area contributed by atoms with Gasteiger partial charge in [-0.1, -0.05) is 43.6 Å². The lowest BCUT2D eigenvalue weighted by Crippen LogP contribution is -2.36. The zero-order valence-electron chi connectivity index (χ0n) is 21.9. The highest BCUT2D eigenvalue weighted by molar-refractivity contribution is 5.73. The number of benzene rings is 1. The number of allylic oxidation sites excluding steroid dienone is 3. The number of phenolic OH excluding ortho intramolecular Hbond substituents is 1. The largest absolute Gasteiger partial charge is 0.507 e. The lowest BCUT2D eigenvalue weighted by Gasteiger charge is -2.32. The molecule has 1 aliphatic rings. The predicted molar refractivity (Wildman–Crippen MR) is 142 cm³/mol. The maximum Gasteiger partial charge on any atom is 0.328 e. The highest BCUT2D eigenvalue weighted by atomic mass is 19.1. The highest BCUT2D eigenvalue weighted by Gasteiger charge is 2.31. The monoisotopic (exact) mass is 512 g/mol. The number of ether oxygens (including phenoxy) is 1. The molecule has 0 aliphatic heterocycles. The second-order valence-corrected chi connectivity index (χ2v) is 9.99. The van der Waals surface area contributed by atoms with Crippen molar-refractivity contribution < 1.29 is 19.0 Å². The van der Waals surface area contributed by atoms with Crippen molar-refractivity contribution >= 4 is 5.97 Å². The molecule has 37 heavy (non-hydrogen) atoms. The van der Waals surface area contributed by atoms with Crippen molar-refractivity contribution in [3.63, 3.8) is 0 Å². The number of rotatable bonds is 11. The minimum Gasteiger partial charge on any atom is -0.507 e. The Morgan fingerprint density at radius 1 is 1.27 bits per heavy atom. The molecule has 2 atom stereocenters. The van der Waals surface area contributed by atoms with Crippen molar-refractivity contribution in [2.45, 2.75) is 84.6 Å². The van der Waals surface area contributed by atoms with Crippen LogP contribution in [0.5, 0.6) is 11.5 Å². The number of nitrogens with zero attached hydrogens (tertiary/aromatic N) is 1. The summed E-state index contributed by atoms with van der Waals surface area (Å²) in [4.78, 5) is 38.8. The molecule has 0 radical (unpaired) electrons. The van der Waals surface area contributed by atoms with Crippen LogP contribution >= 0.6 is 0 Å². The topological polar surface area (TPSA) is 101 Å². The maximum absolute atomic E-state index is 13.5.